The molecule has 0 aliphatic heterocycles. The minimum absolute atomic E-state index is 0.198. The molecule has 0 saturated heterocycles. The van der Waals surface area contributed by atoms with Crippen LogP contribution in [0.15, 0.2) is 66.7 Å². The van der Waals surface area contributed by atoms with Gasteiger partial charge in [0.1, 0.15) is 5.75 Å². The Morgan fingerprint density at radius 3 is 1.87 bits per heavy atom. The van der Waals surface area contributed by atoms with Gasteiger partial charge in [0.15, 0.2) is 23.0 Å². The molecule has 0 heterocycles. The molecule has 8 heteroatoms. The second kappa shape index (κ2) is 11.8. The first-order chi connectivity index (χ1) is 18.8. The highest BCUT2D eigenvalue weighted by atomic mass is 16.5. The monoisotopic (exact) mass is 529 g/mol. The van der Waals surface area contributed by atoms with Gasteiger partial charge < -0.3 is 28.6 Å². The molecule has 4 aromatic carbocycles. The van der Waals surface area contributed by atoms with E-state index in [0.29, 0.717) is 50.6 Å². The number of carbonyl (C=O) groups excluding carboxylic acids is 2. The van der Waals surface area contributed by atoms with Crippen LogP contribution in [-0.2, 0) is 16.1 Å². The summed E-state index contributed by atoms with van der Waals surface area (Å²) in [5, 5.41) is 1.40. The van der Waals surface area contributed by atoms with Crippen LogP contribution >= 0.6 is 0 Å². The molecule has 1 amide bonds. The van der Waals surface area contributed by atoms with Gasteiger partial charge >= 0.3 is 5.97 Å². The number of rotatable bonds is 9. The van der Waals surface area contributed by atoms with Crippen LogP contribution in [0.2, 0.25) is 0 Å². The number of benzene rings is 4. The van der Waals surface area contributed by atoms with Gasteiger partial charge in [-0.3, -0.25) is 9.59 Å². The third kappa shape index (κ3) is 5.60. The number of methoxy groups -OCH3 is 4. The molecule has 202 valence electrons. The van der Waals surface area contributed by atoms with Crippen molar-refractivity contribution in [2.75, 3.05) is 33.3 Å². The van der Waals surface area contributed by atoms with E-state index in [9.17, 15) is 9.59 Å². The fourth-order valence-electron chi connectivity index (χ4n) is 4.58. The van der Waals surface area contributed by atoms with Crippen LogP contribution in [0, 0.1) is 0 Å². The summed E-state index contributed by atoms with van der Waals surface area (Å²) in [6, 6.07) is 20.4. The van der Waals surface area contributed by atoms with Gasteiger partial charge in [-0.2, -0.15) is 0 Å². The minimum Gasteiger partial charge on any atom is -0.493 e. The first-order valence-corrected chi connectivity index (χ1v) is 12.3. The van der Waals surface area contributed by atoms with Crippen molar-refractivity contribution in [3.05, 3.63) is 72.3 Å². The van der Waals surface area contributed by atoms with Crippen LogP contribution in [-0.4, -0.2) is 40.3 Å². The van der Waals surface area contributed by atoms with Crippen molar-refractivity contribution in [1.29, 1.82) is 0 Å². The lowest BCUT2D eigenvalue weighted by molar-refractivity contribution is -0.131. The molecule has 0 bridgehead atoms. The van der Waals surface area contributed by atoms with Crippen molar-refractivity contribution in [2.24, 2.45) is 0 Å². The molecule has 39 heavy (non-hydrogen) atoms. The fraction of sp³-hybridized carbons (Fsp3) is 0.226. The van der Waals surface area contributed by atoms with E-state index in [1.54, 1.807) is 57.6 Å². The summed E-state index contributed by atoms with van der Waals surface area (Å²) in [7, 11) is 6.20. The first-order valence-electron chi connectivity index (χ1n) is 12.3. The Morgan fingerprint density at radius 1 is 0.692 bits per heavy atom. The van der Waals surface area contributed by atoms with Gasteiger partial charge in [0.2, 0.25) is 5.91 Å². The minimum atomic E-state index is -0.500. The molecule has 0 aliphatic carbocycles. The average Bonchev–Trinajstić information content (AvgIpc) is 2.94. The average molecular weight is 530 g/mol. The zero-order valence-corrected chi connectivity index (χ0v) is 22.9. The number of ether oxygens (including phenoxy) is 5. The normalized spacial score (nSPS) is 10.6. The lowest BCUT2D eigenvalue weighted by Gasteiger charge is -2.28. The standard InChI is InChI=1S/C31H31NO7/c1-19(33)32(18-21-10-8-7-9-11-21)31-24-17-28(38-6)27(37-5)15-23(24)16-29(39-20(2)34)30(31)22-12-13-25(35-3)26(14-22)36-4/h7-17H,18H2,1-6H3. The van der Waals surface area contributed by atoms with E-state index in [2.05, 4.69) is 0 Å². The van der Waals surface area contributed by atoms with E-state index in [1.807, 2.05) is 42.5 Å². The molecule has 0 spiro atoms. The quantitative estimate of drug-likeness (QED) is 0.194. The second-order valence-corrected chi connectivity index (χ2v) is 8.78. The van der Waals surface area contributed by atoms with Crippen LogP contribution in [0.25, 0.3) is 21.9 Å². The molecule has 0 aliphatic rings. The fourth-order valence-corrected chi connectivity index (χ4v) is 4.58. The predicted octanol–water partition coefficient (Wildman–Crippen LogP) is 6.02. The molecule has 4 rings (SSSR count). The summed E-state index contributed by atoms with van der Waals surface area (Å²) < 4.78 is 27.9. The number of hydrogen-bond acceptors (Lipinski definition) is 7. The number of nitrogens with zero attached hydrogens (tertiary/aromatic N) is 1. The third-order valence-electron chi connectivity index (χ3n) is 6.34. The number of esters is 1. The molecule has 0 N–H and O–H groups in total. The van der Waals surface area contributed by atoms with Gasteiger partial charge in [-0.15, -0.1) is 0 Å². The molecule has 0 fully saturated rings. The predicted molar refractivity (Wildman–Crippen MR) is 150 cm³/mol. The summed E-state index contributed by atoms with van der Waals surface area (Å²) in [5.41, 5.74) is 2.68. The highest BCUT2D eigenvalue weighted by molar-refractivity contribution is 6.12. The van der Waals surface area contributed by atoms with Gasteiger partial charge in [-0.05, 0) is 46.8 Å². The van der Waals surface area contributed by atoms with E-state index in [1.165, 1.54) is 13.8 Å². The van der Waals surface area contributed by atoms with Gasteiger partial charge in [0, 0.05) is 24.8 Å². The van der Waals surface area contributed by atoms with Gasteiger partial charge in [-0.1, -0.05) is 36.4 Å². The molecule has 0 atom stereocenters. The maximum absolute atomic E-state index is 13.3. The topological polar surface area (TPSA) is 83.5 Å². The van der Waals surface area contributed by atoms with Crippen LogP contribution in [0.1, 0.15) is 19.4 Å². The molecule has 8 nitrogen and oxygen atoms in total. The lowest BCUT2D eigenvalue weighted by atomic mass is 9.94. The number of fused-ring (bicyclic) bond motifs is 1. The molecule has 0 saturated carbocycles. The van der Waals surface area contributed by atoms with Gasteiger partial charge in [-0.25, -0.2) is 0 Å². The largest absolute Gasteiger partial charge is 0.493 e. The van der Waals surface area contributed by atoms with E-state index < -0.39 is 5.97 Å². The molecule has 0 radical (unpaired) electrons. The Balaban J connectivity index is 2.15. The van der Waals surface area contributed by atoms with Crippen molar-refractivity contribution < 1.29 is 33.3 Å². The Kier molecular flexibility index (Phi) is 8.24. The van der Waals surface area contributed by atoms with Crippen LogP contribution in [0.3, 0.4) is 0 Å². The first kappa shape index (κ1) is 27.3. The van der Waals surface area contributed by atoms with E-state index in [0.717, 1.165) is 5.56 Å². The summed E-state index contributed by atoms with van der Waals surface area (Å²) in [5.74, 6) is 1.60. The Morgan fingerprint density at radius 2 is 1.28 bits per heavy atom. The zero-order valence-electron chi connectivity index (χ0n) is 22.9. The van der Waals surface area contributed by atoms with Crippen molar-refractivity contribution in [3.8, 4) is 39.9 Å². The zero-order chi connectivity index (χ0) is 28.1. The third-order valence-corrected chi connectivity index (χ3v) is 6.34. The van der Waals surface area contributed by atoms with Crippen LogP contribution in [0.5, 0.6) is 28.7 Å². The maximum Gasteiger partial charge on any atom is 0.308 e. The number of anilines is 1. The Hall–Kier alpha value is -4.72. The maximum atomic E-state index is 13.3. The summed E-state index contributed by atoms with van der Waals surface area (Å²) in [6.07, 6.45) is 0. The summed E-state index contributed by atoms with van der Waals surface area (Å²) in [4.78, 5) is 27.3. The number of amides is 1. The van der Waals surface area contributed by atoms with Crippen LogP contribution < -0.4 is 28.6 Å². The van der Waals surface area contributed by atoms with Crippen molar-refractivity contribution >= 4 is 28.3 Å². The lowest BCUT2D eigenvalue weighted by Crippen LogP contribution is -2.29. The highest BCUT2D eigenvalue weighted by Gasteiger charge is 2.27. The Bertz CT molecular complexity index is 1520. The van der Waals surface area contributed by atoms with Gasteiger partial charge in [0.05, 0.1) is 40.7 Å². The molecular weight excluding hydrogens is 498 g/mol. The van der Waals surface area contributed by atoms with E-state index in [4.69, 9.17) is 23.7 Å². The molecule has 0 unspecified atom stereocenters. The molecular formula is C31H31NO7. The van der Waals surface area contributed by atoms with Crippen LogP contribution in [0.4, 0.5) is 5.69 Å². The van der Waals surface area contributed by atoms with Crippen molar-refractivity contribution in [1.82, 2.24) is 0 Å². The van der Waals surface area contributed by atoms with Crippen molar-refractivity contribution in [2.45, 2.75) is 20.4 Å². The summed E-state index contributed by atoms with van der Waals surface area (Å²) >= 11 is 0. The summed E-state index contributed by atoms with van der Waals surface area (Å²) in [6.45, 7) is 3.12. The van der Waals surface area contributed by atoms with Gasteiger partial charge in [0.25, 0.3) is 0 Å². The molecule has 0 aromatic heterocycles. The highest BCUT2D eigenvalue weighted by Crippen LogP contribution is 2.49. The smallest absolute Gasteiger partial charge is 0.308 e. The van der Waals surface area contributed by atoms with E-state index >= 15 is 0 Å². The number of hydrogen-bond donors (Lipinski definition) is 0. The van der Waals surface area contributed by atoms with Crippen molar-refractivity contribution in [3.63, 3.8) is 0 Å². The molecule has 4 aromatic rings. The Labute approximate surface area is 227 Å². The van der Waals surface area contributed by atoms with E-state index in [-0.39, 0.29) is 18.2 Å². The second-order valence-electron chi connectivity index (χ2n) is 8.78. The SMILES string of the molecule is COc1ccc(-c2c(OC(C)=O)cc3cc(OC)c(OC)cc3c2N(Cc2ccccc2)C(C)=O)cc1OC. The number of carbonyl (C=O) groups is 2.